The Morgan fingerprint density at radius 3 is 2.27 bits per heavy atom. The standard InChI is InChI=1S/C25H28N2O3/c26-25(30)22-16-19(13-14-23(22)28)10-7-15-27(17-20-8-3-1-4-9-20)18-24(29)21-11-5-2-6-12-21/h1-6,8-9,11-14,16,24,28-29H,7,10,15,17-18H2,(H2,26,30). The summed E-state index contributed by atoms with van der Waals surface area (Å²) in [4.78, 5) is 13.7. The van der Waals surface area contributed by atoms with Crippen molar-refractivity contribution in [1.29, 1.82) is 0 Å². The number of phenols is 1. The van der Waals surface area contributed by atoms with Gasteiger partial charge in [0.1, 0.15) is 5.75 Å². The fourth-order valence-electron chi connectivity index (χ4n) is 3.54. The Bertz CT molecular complexity index is 945. The van der Waals surface area contributed by atoms with E-state index in [1.54, 1.807) is 6.07 Å². The van der Waals surface area contributed by atoms with Crippen LogP contribution in [0.4, 0.5) is 0 Å². The molecule has 0 heterocycles. The van der Waals surface area contributed by atoms with Crippen molar-refractivity contribution in [2.75, 3.05) is 13.1 Å². The van der Waals surface area contributed by atoms with Gasteiger partial charge in [0.05, 0.1) is 11.7 Å². The van der Waals surface area contributed by atoms with Gasteiger partial charge in [0, 0.05) is 13.1 Å². The van der Waals surface area contributed by atoms with Gasteiger partial charge in [0.15, 0.2) is 0 Å². The summed E-state index contributed by atoms with van der Waals surface area (Å²) in [5, 5.41) is 20.4. The number of rotatable bonds is 10. The summed E-state index contributed by atoms with van der Waals surface area (Å²) >= 11 is 0. The monoisotopic (exact) mass is 404 g/mol. The van der Waals surface area contributed by atoms with Crippen LogP contribution in [-0.4, -0.2) is 34.1 Å². The Balaban J connectivity index is 1.64. The Hall–Kier alpha value is -3.15. The van der Waals surface area contributed by atoms with Crippen LogP contribution >= 0.6 is 0 Å². The molecule has 4 N–H and O–H groups in total. The highest BCUT2D eigenvalue weighted by molar-refractivity contribution is 5.95. The zero-order chi connectivity index (χ0) is 21.3. The maximum atomic E-state index is 11.4. The van der Waals surface area contributed by atoms with E-state index in [2.05, 4.69) is 17.0 Å². The molecule has 30 heavy (non-hydrogen) atoms. The van der Waals surface area contributed by atoms with Crippen LogP contribution in [0, 0.1) is 0 Å². The molecule has 0 aliphatic rings. The van der Waals surface area contributed by atoms with E-state index in [4.69, 9.17) is 5.73 Å². The lowest BCUT2D eigenvalue weighted by molar-refractivity contribution is 0.0997. The molecule has 0 fully saturated rings. The minimum absolute atomic E-state index is 0.0945. The van der Waals surface area contributed by atoms with Crippen molar-refractivity contribution in [1.82, 2.24) is 4.90 Å². The van der Waals surface area contributed by atoms with Crippen molar-refractivity contribution in [3.63, 3.8) is 0 Å². The lowest BCUT2D eigenvalue weighted by Gasteiger charge is -2.25. The van der Waals surface area contributed by atoms with E-state index < -0.39 is 12.0 Å². The predicted octanol–water partition coefficient (Wildman–Crippen LogP) is 3.66. The van der Waals surface area contributed by atoms with Crippen LogP contribution in [0.1, 0.15) is 39.6 Å². The van der Waals surface area contributed by atoms with E-state index in [0.717, 1.165) is 37.1 Å². The third-order valence-corrected chi connectivity index (χ3v) is 5.13. The molecule has 0 saturated carbocycles. The molecule has 5 heteroatoms. The average Bonchev–Trinajstić information content (AvgIpc) is 2.76. The number of aliphatic hydroxyl groups is 1. The van der Waals surface area contributed by atoms with Gasteiger partial charge < -0.3 is 15.9 Å². The Kier molecular flexibility index (Phi) is 7.60. The van der Waals surface area contributed by atoms with Gasteiger partial charge in [-0.15, -0.1) is 0 Å². The number of aromatic hydroxyl groups is 1. The molecule has 1 atom stereocenters. The fourth-order valence-corrected chi connectivity index (χ4v) is 3.54. The maximum Gasteiger partial charge on any atom is 0.252 e. The van der Waals surface area contributed by atoms with Gasteiger partial charge in [0.25, 0.3) is 5.91 Å². The molecule has 0 spiro atoms. The number of carbonyl (C=O) groups excluding carboxylic acids is 1. The topological polar surface area (TPSA) is 86.8 Å². The van der Waals surface area contributed by atoms with Crippen molar-refractivity contribution in [2.24, 2.45) is 5.73 Å². The normalized spacial score (nSPS) is 12.1. The molecule has 0 aliphatic heterocycles. The van der Waals surface area contributed by atoms with Gasteiger partial charge in [-0.25, -0.2) is 0 Å². The molecule has 1 amide bonds. The SMILES string of the molecule is NC(=O)c1cc(CCCN(Cc2ccccc2)CC(O)c2ccccc2)ccc1O. The van der Waals surface area contributed by atoms with Crippen molar-refractivity contribution >= 4 is 5.91 Å². The molecule has 0 saturated heterocycles. The molecule has 0 aromatic heterocycles. The number of nitrogens with two attached hydrogens (primary N) is 1. The molecule has 0 radical (unpaired) electrons. The third-order valence-electron chi connectivity index (χ3n) is 5.13. The summed E-state index contributed by atoms with van der Waals surface area (Å²) in [7, 11) is 0. The summed E-state index contributed by atoms with van der Waals surface area (Å²) in [6.07, 6.45) is 1.02. The van der Waals surface area contributed by atoms with Gasteiger partial charge in [0.2, 0.25) is 0 Å². The van der Waals surface area contributed by atoms with Crippen LogP contribution in [0.3, 0.4) is 0 Å². The number of aliphatic hydroxyl groups excluding tert-OH is 1. The van der Waals surface area contributed by atoms with Crippen LogP contribution in [0.5, 0.6) is 5.75 Å². The minimum Gasteiger partial charge on any atom is -0.507 e. The average molecular weight is 405 g/mol. The van der Waals surface area contributed by atoms with E-state index in [1.807, 2.05) is 54.6 Å². The number of primary amides is 1. The number of aryl methyl sites for hydroxylation is 1. The summed E-state index contributed by atoms with van der Waals surface area (Å²) in [6.45, 7) is 2.05. The highest BCUT2D eigenvalue weighted by atomic mass is 16.3. The first kappa shape index (κ1) is 21.6. The van der Waals surface area contributed by atoms with Crippen LogP contribution in [0.15, 0.2) is 78.9 Å². The van der Waals surface area contributed by atoms with E-state index >= 15 is 0 Å². The summed E-state index contributed by atoms with van der Waals surface area (Å²) in [6, 6.07) is 24.8. The highest BCUT2D eigenvalue weighted by Crippen LogP contribution is 2.20. The number of nitrogens with zero attached hydrogens (tertiary/aromatic N) is 1. The van der Waals surface area contributed by atoms with Crippen LogP contribution in [0.2, 0.25) is 0 Å². The summed E-state index contributed by atoms with van der Waals surface area (Å²) < 4.78 is 0. The minimum atomic E-state index is -0.633. The number of benzene rings is 3. The lowest BCUT2D eigenvalue weighted by Crippen LogP contribution is -2.29. The van der Waals surface area contributed by atoms with E-state index in [9.17, 15) is 15.0 Å². The predicted molar refractivity (Wildman–Crippen MR) is 118 cm³/mol. The highest BCUT2D eigenvalue weighted by Gasteiger charge is 2.14. The zero-order valence-corrected chi connectivity index (χ0v) is 16.9. The van der Waals surface area contributed by atoms with Gasteiger partial charge in [-0.3, -0.25) is 9.69 Å². The van der Waals surface area contributed by atoms with Crippen molar-refractivity contribution in [3.8, 4) is 5.75 Å². The van der Waals surface area contributed by atoms with E-state index in [1.165, 1.54) is 11.6 Å². The zero-order valence-electron chi connectivity index (χ0n) is 16.9. The van der Waals surface area contributed by atoms with Gasteiger partial charge in [-0.1, -0.05) is 66.7 Å². The lowest BCUT2D eigenvalue weighted by atomic mass is 10.0. The van der Waals surface area contributed by atoms with E-state index in [-0.39, 0.29) is 11.3 Å². The number of amides is 1. The maximum absolute atomic E-state index is 11.4. The molecular weight excluding hydrogens is 376 g/mol. The molecule has 1 unspecified atom stereocenters. The second kappa shape index (κ2) is 10.6. The number of hydrogen-bond acceptors (Lipinski definition) is 4. The first-order valence-electron chi connectivity index (χ1n) is 10.1. The molecule has 3 aromatic carbocycles. The molecule has 0 aliphatic carbocycles. The fraction of sp³-hybridized carbons (Fsp3) is 0.240. The Morgan fingerprint density at radius 2 is 1.60 bits per heavy atom. The van der Waals surface area contributed by atoms with Crippen LogP contribution in [-0.2, 0) is 13.0 Å². The van der Waals surface area contributed by atoms with Crippen molar-refractivity contribution in [3.05, 3.63) is 101 Å². The molecular formula is C25H28N2O3. The quantitative estimate of drug-likeness (QED) is 0.481. The first-order valence-corrected chi connectivity index (χ1v) is 10.1. The first-order chi connectivity index (χ1) is 14.5. The third kappa shape index (κ3) is 6.17. The van der Waals surface area contributed by atoms with Gasteiger partial charge >= 0.3 is 0 Å². The molecule has 0 bridgehead atoms. The molecule has 156 valence electrons. The van der Waals surface area contributed by atoms with E-state index in [0.29, 0.717) is 6.54 Å². The molecule has 3 aromatic rings. The summed E-state index contributed by atoms with van der Waals surface area (Å²) in [5.74, 6) is -0.728. The Morgan fingerprint density at radius 1 is 0.933 bits per heavy atom. The molecule has 3 rings (SSSR count). The van der Waals surface area contributed by atoms with Crippen molar-refractivity contribution in [2.45, 2.75) is 25.5 Å². The number of carbonyl (C=O) groups is 1. The van der Waals surface area contributed by atoms with Gasteiger partial charge in [-0.2, -0.15) is 0 Å². The smallest absolute Gasteiger partial charge is 0.252 e. The largest absolute Gasteiger partial charge is 0.507 e. The number of hydrogen-bond donors (Lipinski definition) is 3. The molecule has 5 nitrogen and oxygen atoms in total. The summed E-state index contributed by atoms with van der Waals surface area (Å²) in [5.41, 5.74) is 8.51. The van der Waals surface area contributed by atoms with Crippen LogP contribution < -0.4 is 5.73 Å². The second-order valence-corrected chi connectivity index (χ2v) is 7.47. The van der Waals surface area contributed by atoms with Crippen LogP contribution in [0.25, 0.3) is 0 Å². The van der Waals surface area contributed by atoms with Crippen molar-refractivity contribution < 1.29 is 15.0 Å². The Labute approximate surface area is 177 Å². The second-order valence-electron chi connectivity index (χ2n) is 7.47. The van der Waals surface area contributed by atoms with Gasteiger partial charge in [-0.05, 0) is 48.2 Å².